The SMILES string of the molecule is C=CC(=O)N1CCC[C@@H](Nc2nc(Nc3cnn(C)c3)nc3sccc23)C1. The first kappa shape index (κ1) is 17.5. The van der Waals surface area contributed by atoms with Crippen LogP contribution in [0.15, 0.2) is 36.5 Å². The number of nitrogens with zero attached hydrogens (tertiary/aromatic N) is 5. The van der Waals surface area contributed by atoms with Crippen molar-refractivity contribution in [1.29, 1.82) is 0 Å². The maximum absolute atomic E-state index is 11.9. The molecule has 1 aliphatic heterocycles. The first-order valence-corrected chi connectivity index (χ1v) is 9.69. The van der Waals surface area contributed by atoms with Gasteiger partial charge in [-0.05, 0) is 30.4 Å². The van der Waals surface area contributed by atoms with Crippen molar-refractivity contribution in [3.05, 3.63) is 36.5 Å². The molecule has 3 aromatic rings. The molecule has 0 radical (unpaired) electrons. The lowest BCUT2D eigenvalue weighted by atomic mass is 10.1. The number of piperidine rings is 1. The van der Waals surface area contributed by atoms with E-state index in [2.05, 4.69) is 32.3 Å². The number of thiophene rings is 1. The van der Waals surface area contributed by atoms with Crippen molar-refractivity contribution in [1.82, 2.24) is 24.6 Å². The summed E-state index contributed by atoms with van der Waals surface area (Å²) in [5, 5.41) is 13.9. The molecule has 1 atom stereocenters. The maximum Gasteiger partial charge on any atom is 0.246 e. The fourth-order valence-electron chi connectivity index (χ4n) is 3.25. The molecule has 0 spiro atoms. The van der Waals surface area contributed by atoms with Crippen molar-refractivity contribution in [2.24, 2.45) is 7.05 Å². The Hall–Kier alpha value is -2.94. The molecule has 4 heterocycles. The summed E-state index contributed by atoms with van der Waals surface area (Å²) in [7, 11) is 1.86. The number of hydrogen-bond donors (Lipinski definition) is 2. The summed E-state index contributed by atoms with van der Waals surface area (Å²) in [6.07, 6.45) is 6.92. The molecule has 27 heavy (non-hydrogen) atoms. The molecule has 0 aromatic carbocycles. The Balaban J connectivity index is 1.57. The van der Waals surface area contributed by atoms with Crippen LogP contribution in [0.3, 0.4) is 0 Å². The van der Waals surface area contributed by atoms with Crippen LogP contribution in [0.4, 0.5) is 17.5 Å². The highest BCUT2D eigenvalue weighted by Gasteiger charge is 2.23. The van der Waals surface area contributed by atoms with Crippen molar-refractivity contribution in [3.8, 4) is 0 Å². The van der Waals surface area contributed by atoms with Crippen molar-refractivity contribution in [3.63, 3.8) is 0 Å². The van der Waals surface area contributed by atoms with Crippen molar-refractivity contribution < 1.29 is 4.79 Å². The molecule has 1 amide bonds. The number of fused-ring (bicyclic) bond motifs is 1. The van der Waals surface area contributed by atoms with E-state index in [0.717, 1.165) is 41.1 Å². The molecule has 3 aromatic heterocycles. The summed E-state index contributed by atoms with van der Waals surface area (Å²) in [4.78, 5) is 23.9. The molecular weight excluding hydrogens is 362 g/mol. The number of carbonyl (C=O) groups excluding carboxylic acids is 1. The van der Waals surface area contributed by atoms with Crippen LogP contribution in [-0.4, -0.2) is 49.7 Å². The van der Waals surface area contributed by atoms with E-state index >= 15 is 0 Å². The van der Waals surface area contributed by atoms with Crippen molar-refractivity contribution in [2.45, 2.75) is 18.9 Å². The highest BCUT2D eigenvalue weighted by molar-refractivity contribution is 7.16. The molecule has 0 bridgehead atoms. The molecule has 0 aliphatic carbocycles. The van der Waals surface area contributed by atoms with E-state index < -0.39 is 0 Å². The molecule has 1 aliphatic rings. The number of hydrogen-bond acceptors (Lipinski definition) is 7. The number of aromatic nitrogens is 4. The van der Waals surface area contributed by atoms with E-state index in [-0.39, 0.29) is 11.9 Å². The number of carbonyl (C=O) groups is 1. The Morgan fingerprint density at radius 1 is 1.44 bits per heavy atom. The van der Waals surface area contributed by atoms with Gasteiger partial charge < -0.3 is 15.5 Å². The van der Waals surface area contributed by atoms with Gasteiger partial charge in [0.15, 0.2) is 0 Å². The van der Waals surface area contributed by atoms with E-state index in [1.54, 1.807) is 22.2 Å². The summed E-state index contributed by atoms with van der Waals surface area (Å²) in [6, 6.07) is 2.16. The summed E-state index contributed by atoms with van der Waals surface area (Å²) in [6.45, 7) is 5.00. The van der Waals surface area contributed by atoms with Crippen molar-refractivity contribution >= 4 is 44.9 Å². The van der Waals surface area contributed by atoms with Crippen LogP contribution < -0.4 is 10.6 Å². The molecule has 140 valence electrons. The van der Waals surface area contributed by atoms with Gasteiger partial charge in [-0.25, -0.2) is 4.98 Å². The van der Waals surface area contributed by atoms with E-state index in [1.807, 2.05) is 29.6 Å². The van der Waals surface area contributed by atoms with Crippen LogP contribution in [0.25, 0.3) is 10.2 Å². The first-order chi connectivity index (χ1) is 13.1. The van der Waals surface area contributed by atoms with Gasteiger partial charge in [-0.2, -0.15) is 10.1 Å². The molecule has 1 saturated heterocycles. The predicted molar refractivity (Wildman–Crippen MR) is 107 cm³/mol. The Morgan fingerprint density at radius 3 is 3.11 bits per heavy atom. The number of amides is 1. The Bertz CT molecular complexity index is 979. The third kappa shape index (κ3) is 3.77. The molecule has 2 N–H and O–H groups in total. The normalized spacial score (nSPS) is 17.1. The van der Waals surface area contributed by atoms with E-state index in [1.165, 1.54) is 6.08 Å². The number of rotatable bonds is 5. The molecule has 9 heteroatoms. The van der Waals surface area contributed by atoms with E-state index in [0.29, 0.717) is 12.5 Å². The second kappa shape index (κ2) is 7.36. The van der Waals surface area contributed by atoms with Crippen LogP contribution in [0.5, 0.6) is 0 Å². The van der Waals surface area contributed by atoms with Gasteiger partial charge in [0.05, 0.1) is 17.3 Å². The van der Waals surface area contributed by atoms with Gasteiger partial charge in [0, 0.05) is 32.4 Å². The maximum atomic E-state index is 11.9. The van der Waals surface area contributed by atoms with Crippen LogP contribution in [0.1, 0.15) is 12.8 Å². The minimum Gasteiger partial charge on any atom is -0.365 e. The lowest BCUT2D eigenvalue weighted by molar-refractivity contribution is -0.127. The second-order valence-corrected chi connectivity index (χ2v) is 7.43. The van der Waals surface area contributed by atoms with Gasteiger partial charge in [0.25, 0.3) is 0 Å². The average molecular weight is 383 g/mol. The summed E-state index contributed by atoms with van der Waals surface area (Å²) >= 11 is 1.57. The second-order valence-electron chi connectivity index (χ2n) is 6.53. The quantitative estimate of drug-likeness (QED) is 0.659. The molecule has 1 fully saturated rings. The summed E-state index contributed by atoms with van der Waals surface area (Å²) < 4.78 is 1.72. The van der Waals surface area contributed by atoms with Gasteiger partial charge in [-0.3, -0.25) is 9.48 Å². The lowest BCUT2D eigenvalue weighted by Crippen LogP contribution is -2.44. The number of likely N-dealkylation sites (tertiary alicyclic amines) is 1. The van der Waals surface area contributed by atoms with Crippen LogP contribution in [-0.2, 0) is 11.8 Å². The molecule has 0 saturated carbocycles. The zero-order valence-electron chi connectivity index (χ0n) is 15.1. The topological polar surface area (TPSA) is 88.0 Å². The minimum absolute atomic E-state index is 0.0243. The smallest absolute Gasteiger partial charge is 0.246 e. The predicted octanol–water partition coefficient (Wildman–Crippen LogP) is 2.76. The molecule has 4 rings (SSSR count). The molecular formula is C18H21N7OS. The number of aryl methyl sites for hydroxylation is 1. The van der Waals surface area contributed by atoms with Gasteiger partial charge in [0.2, 0.25) is 11.9 Å². The van der Waals surface area contributed by atoms with Crippen LogP contribution >= 0.6 is 11.3 Å². The first-order valence-electron chi connectivity index (χ1n) is 8.81. The van der Waals surface area contributed by atoms with E-state index in [9.17, 15) is 4.79 Å². The Labute approximate surface area is 160 Å². The van der Waals surface area contributed by atoms with Gasteiger partial charge in [-0.1, -0.05) is 6.58 Å². The number of anilines is 3. The average Bonchev–Trinajstić information content (AvgIpc) is 3.30. The minimum atomic E-state index is -0.0243. The third-order valence-electron chi connectivity index (χ3n) is 4.53. The Kier molecular flexibility index (Phi) is 4.76. The fourth-order valence-corrected chi connectivity index (χ4v) is 4.02. The Morgan fingerprint density at radius 2 is 2.33 bits per heavy atom. The van der Waals surface area contributed by atoms with E-state index in [4.69, 9.17) is 0 Å². The summed E-state index contributed by atoms with van der Waals surface area (Å²) in [5.41, 5.74) is 0.833. The zero-order chi connectivity index (χ0) is 18.8. The largest absolute Gasteiger partial charge is 0.365 e. The fraction of sp³-hybridized carbons (Fsp3) is 0.333. The lowest BCUT2D eigenvalue weighted by Gasteiger charge is -2.33. The number of nitrogens with one attached hydrogen (secondary N) is 2. The highest BCUT2D eigenvalue weighted by atomic mass is 32.1. The van der Waals surface area contributed by atoms with Crippen LogP contribution in [0.2, 0.25) is 0 Å². The van der Waals surface area contributed by atoms with Crippen molar-refractivity contribution in [2.75, 3.05) is 23.7 Å². The molecule has 0 unspecified atom stereocenters. The third-order valence-corrected chi connectivity index (χ3v) is 5.34. The standard InChI is InChI=1S/C18H21N7OS/c1-3-15(26)25-7-4-5-12(11-25)20-16-14-6-8-27-17(14)23-18(22-16)21-13-9-19-24(2)10-13/h3,6,8-10,12H,1,4-5,7,11H2,2H3,(H2,20,21,22,23)/t12-/m1/s1. The summed E-state index contributed by atoms with van der Waals surface area (Å²) in [5.74, 6) is 1.28. The van der Waals surface area contributed by atoms with Gasteiger partial charge >= 0.3 is 0 Å². The zero-order valence-corrected chi connectivity index (χ0v) is 15.9. The van der Waals surface area contributed by atoms with Gasteiger partial charge in [-0.15, -0.1) is 11.3 Å². The monoisotopic (exact) mass is 383 g/mol. The van der Waals surface area contributed by atoms with Gasteiger partial charge in [0.1, 0.15) is 10.6 Å². The highest BCUT2D eigenvalue weighted by Crippen LogP contribution is 2.29. The molecule has 8 nitrogen and oxygen atoms in total. The van der Waals surface area contributed by atoms with Crippen LogP contribution in [0, 0.1) is 0 Å².